The fourth-order valence-corrected chi connectivity index (χ4v) is 2.11. The van der Waals surface area contributed by atoms with Gasteiger partial charge in [-0.1, -0.05) is 32.0 Å². The first-order valence-electron chi connectivity index (χ1n) is 7.76. The van der Waals surface area contributed by atoms with Gasteiger partial charge in [0.1, 0.15) is 5.75 Å². The Hall–Kier alpha value is -1.81. The molecule has 1 aromatic carbocycles. The molecule has 122 valence electrons. The fourth-order valence-electron chi connectivity index (χ4n) is 2.11. The largest absolute Gasteiger partial charge is 0.493 e. The Labute approximate surface area is 133 Å². The molecule has 0 radical (unpaired) electrons. The van der Waals surface area contributed by atoms with Gasteiger partial charge in [-0.3, -0.25) is 4.79 Å². The first-order valence-corrected chi connectivity index (χ1v) is 7.76. The van der Waals surface area contributed by atoms with Crippen molar-refractivity contribution in [2.24, 2.45) is 5.92 Å². The van der Waals surface area contributed by atoms with Crippen LogP contribution in [-0.2, 0) is 9.53 Å². The summed E-state index contributed by atoms with van der Waals surface area (Å²) in [5.74, 6) is 1.21. The molecule has 0 spiro atoms. The van der Waals surface area contributed by atoms with Crippen LogP contribution in [0.4, 0.5) is 0 Å². The summed E-state index contributed by atoms with van der Waals surface area (Å²) < 4.78 is 10.6. The Morgan fingerprint density at radius 3 is 2.68 bits per heavy atom. The molecule has 0 saturated carbocycles. The van der Waals surface area contributed by atoms with Crippen LogP contribution < -0.4 is 4.74 Å². The lowest BCUT2D eigenvalue weighted by Crippen LogP contribution is -2.35. The van der Waals surface area contributed by atoms with Crippen molar-refractivity contribution in [1.29, 1.82) is 0 Å². The average molecular weight is 305 g/mol. The van der Waals surface area contributed by atoms with Crippen LogP contribution in [0.25, 0.3) is 6.08 Å². The van der Waals surface area contributed by atoms with Gasteiger partial charge < -0.3 is 14.4 Å². The van der Waals surface area contributed by atoms with E-state index >= 15 is 0 Å². The fraction of sp³-hybridized carbons (Fsp3) is 0.500. The van der Waals surface area contributed by atoms with Gasteiger partial charge in [-0.05, 0) is 25.0 Å². The molecular weight excluding hydrogens is 278 g/mol. The summed E-state index contributed by atoms with van der Waals surface area (Å²) in [7, 11) is 1.65. The highest BCUT2D eigenvalue weighted by molar-refractivity contribution is 5.92. The van der Waals surface area contributed by atoms with Gasteiger partial charge in [0.05, 0.1) is 13.2 Å². The number of hydrogen-bond donors (Lipinski definition) is 0. The van der Waals surface area contributed by atoms with E-state index in [0.29, 0.717) is 25.7 Å². The predicted octanol–water partition coefficient (Wildman–Crippen LogP) is 3.23. The van der Waals surface area contributed by atoms with E-state index in [-0.39, 0.29) is 5.91 Å². The summed E-state index contributed by atoms with van der Waals surface area (Å²) in [6, 6.07) is 7.71. The van der Waals surface area contributed by atoms with Gasteiger partial charge in [0, 0.05) is 31.8 Å². The summed E-state index contributed by atoms with van der Waals surface area (Å²) in [6.07, 6.45) is 3.42. The van der Waals surface area contributed by atoms with Crippen molar-refractivity contribution in [3.63, 3.8) is 0 Å². The average Bonchev–Trinajstić information content (AvgIpc) is 2.50. The highest BCUT2D eigenvalue weighted by atomic mass is 16.5. The second kappa shape index (κ2) is 10.0. The lowest BCUT2D eigenvalue weighted by Gasteiger charge is -2.22. The number of para-hydroxylation sites is 1. The van der Waals surface area contributed by atoms with Crippen molar-refractivity contribution in [2.45, 2.75) is 20.8 Å². The molecule has 0 aliphatic heterocycles. The third kappa shape index (κ3) is 6.31. The Balaban J connectivity index is 2.79. The van der Waals surface area contributed by atoms with Crippen LogP contribution in [0.1, 0.15) is 26.3 Å². The molecule has 0 heterocycles. The van der Waals surface area contributed by atoms with Crippen LogP contribution in [-0.4, -0.2) is 44.2 Å². The van der Waals surface area contributed by atoms with Gasteiger partial charge in [0.15, 0.2) is 0 Å². The zero-order valence-corrected chi connectivity index (χ0v) is 14.0. The van der Waals surface area contributed by atoms with E-state index in [1.54, 1.807) is 13.2 Å². The predicted molar refractivity (Wildman–Crippen MR) is 89.9 cm³/mol. The zero-order valence-electron chi connectivity index (χ0n) is 14.0. The summed E-state index contributed by atoms with van der Waals surface area (Å²) >= 11 is 0. The van der Waals surface area contributed by atoms with Gasteiger partial charge in [0.2, 0.25) is 5.91 Å². The zero-order chi connectivity index (χ0) is 16.4. The molecule has 1 aromatic rings. The number of nitrogens with zero attached hydrogens (tertiary/aromatic N) is 1. The van der Waals surface area contributed by atoms with Gasteiger partial charge >= 0.3 is 0 Å². The van der Waals surface area contributed by atoms with E-state index in [1.165, 1.54) is 0 Å². The molecule has 0 unspecified atom stereocenters. The molecular formula is C18H27NO3. The minimum Gasteiger partial charge on any atom is -0.493 e. The molecule has 1 rings (SSSR count). The lowest BCUT2D eigenvalue weighted by molar-refractivity contribution is -0.127. The Bertz CT molecular complexity index is 483. The molecule has 0 bridgehead atoms. The standard InChI is InChI=1S/C18H27NO3/c1-5-22-17-9-7-6-8-16(17)10-11-18(20)19(12-13-21-4)14-15(2)3/h6-11,15H,5,12-14H2,1-4H3/b11-10+. The second-order valence-electron chi connectivity index (χ2n) is 5.48. The van der Waals surface area contributed by atoms with Crippen molar-refractivity contribution in [1.82, 2.24) is 4.90 Å². The number of hydrogen-bond acceptors (Lipinski definition) is 3. The third-order valence-electron chi connectivity index (χ3n) is 3.09. The third-order valence-corrected chi connectivity index (χ3v) is 3.09. The van der Waals surface area contributed by atoms with E-state index in [4.69, 9.17) is 9.47 Å². The maximum absolute atomic E-state index is 12.4. The molecule has 0 aliphatic rings. The number of ether oxygens (including phenoxy) is 2. The summed E-state index contributed by atoms with van der Waals surface area (Å²) in [6.45, 7) is 8.61. The summed E-state index contributed by atoms with van der Waals surface area (Å²) in [5, 5.41) is 0. The van der Waals surface area contributed by atoms with Crippen LogP contribution in [0, 0.1) is 5.92 Å². The van der Waals surface area contributed by atoms with Crippen LogP contribution in [0.15, 0.2) is 30.3 Å². The normalized spacial score (nSPS) is 11.1. The Morgan fingerprint density at radius 2 is 2.05 bits per heavy atom. The molecule has 0 aromatic heterocycles. The highest BCUT2D eigenvalue weighted by Crippen LogP contribution is 2.19. The quantitative estimate of drug-likeness (QED) is 0.658. The molecule has 0 aliphatic carbocycles. The van der Waals surface area contributed by atoms with Gasteiger partial charge in [-0.2, -0.15) is 0 Å². The topological polar surface area (TPSA) is 38.8 Å². The van der Waals surface area contributed by atoms with Crippen molar-refractivity contribution < 1.29 is 14.3 Å². The first kappa shape index (κ1) is 18.2. The van der Waals surface area contributed by atoms with Gasteiger partial charge in [-0.25, -0.2) is 0 Å². The molecule has 0 N–H and O–H groups in total. The van der Waals surface area contributed by atoms with Gasteiger partial charge in [-0.15, -0.1) is 0 Å². The Kier molecular flexibility index (Phi) is 8.30. The molecule has 1 amide bonds. The summed E-state index contributed by atoms with van der Waals surface area (Å²) in [5.41, 5.74) is 0.911. The van der Waals surface area contributed by atoms with E-state index in [0.717, 1.165) is 17.9 Å². The lowest BCUT2D eigenvalue weighted by atomic mass is 10.1. The molecule has 0 saturated heterocycles. The second-order valence-corrected chi connectivity index (χ2v) is 5.48. The van der Waals surface area contributed by atoms with Crippen molar-refractivity contribution in [2.75, 3.05) is 33.4 Å². The number of methoxy groups -OCH3 is 1. The molecule has 22 heavy (non-hydrogen) atoms. The Morgan fingerprint density at radius 1 is 1.32 bits per heavy atom. The van der Waals surface area contributed by atoms with E-state index < -0.39 is 0 Å². The number of amides is 1. The number of rotatable bonds is 9. The number of carbonyl (C=O) groups excluding carboxylic acids is 1. The minimum atomic E-state index is -0.00273. The van der Waals surface area contributed by atoms with Crippen molar-refractivity contribution in [3.05, 3.63) is 35.9 Å². The number of benzene rings is 1. The van der Waals surface area contributed by atoms with Crippen LogP contribution in [0.5, 0.6) is 5.75 Å². The monoisotopic (exact) mass is 305 g/mol. The number of carbonyl (C=O) groups is 1. The minimum absolute atomic E-state index is 0.00273. The van der Waals surface area contributed by atoms with Crippen LogP contribution in [0.3, 0.4) is 0 Å². The summed E-state index contributed by atoms with van der Waals surface area (Å²) in [4.78, 5) is 14.2. The first-order chi connectivity index (χ1) is 10.6. The molecule has 0 fully saturated rings. The maximum Gasteiger partial charge on any atom is 0.246 e. The van der Waals surface area contributed by atoms with Gasteiger partial charge in [0.25, 0.3) is 0 Å². The van der Waals surface area contributed by atoms with E-state index in [2.05, 4.69) is 13.8 Å². The highest BCUT2D eigenvalue weighted by Gasteiger charge is 2.12. The van der Waals surface area contributed by atoms with Crippen LogP contribution >= 0.6 is 0 Å². The van der Waals surface area contributed by atoms with Crippen LogP contribution in [0.2, 0.25) is 0 Å². The van der Waals surface area contributed by atoms with E-state index in [9.17, 15) is 4.79 Å². The SMILES string of the molecule is CCOc1ccccc1/C=C/C(=O)N(CCOC)CC(C)C. The van der Waals surface area contributed by atoms with E-state index in [1.807, 2.05) is 42.2 Å². The molecule has 0 atom stereocenters. The molecule has 4 heteroatoms. The van der Waals surface area contributed by atoms with Crippen molar-refractivity contribution >= 4 is 12.0 Å². The smallest absolute Gasteiger partial charge is 0.246 e. The van der Waals surface area contributed by atoms with Crippen molar-refractivity contribution in [3.8, 4) is 5.75 Å². The molecule has 4 nitrogen and oxygen atoms in total. The maximum atomic E-state index is 12.4.